The van der Waals surface area contributed by atoms with Crippen LogP contribution >= 0.6 is 21.6 Å². The highest BCUT2D eigenvalue weighted by Gasteiger charge is 2.38. The lowest BCUT2D eigenvalue weighted by Crippen LogP contribution is -2.35. The van der Waals surface area contributed by atoms with E-state index in [-0.39, 0.29) is 37.9 Å². The van der Waals surface area contributed by atoms with Crippen LogP contribution in [0, 0.1) is 5.92 Å². The van der Waals surface area contributed by atoms with Gasteiger partial charge in [0.15, 0.2) is 0 Å². The molecule has 1 heterocycles. The Hall–Kier alpha value is -3.67. The van der Waals surface area contributed by atoms with E-state index in [0.717, 1.165) is 59.1 Å². The molecule has 3 aromatic rings. The molecule has 0 aromatic heterocycles. The van der Waals surface area contributed by atoms with Crippen molar-refractivity contribution in [1.82, 2.24) is 5.32 Å². The summed E-state index contributed by atoms with van der Waals surface area (Å²) in [6.07, 6.45) is 6.72. The molecule has 276 valence electrons. The highest BCUT2D eigenvalue weighted by atomic mass is 33.1. The number of amides is 1. The second kappa shape index (κ2) is 21.6. The van der Waals surface area contributed by atoms with Gasteiger partial charge in [0, 0.05) is 29.9 Å². The van der Waals surface area contributed by atoms with E-state index in [4.69, 9.17) is 24.1 Å². The minimum atomic E-state index is -1.05. The quantitative estimate of drug-likeness (QED) is 0.0428. The van der Waals surface area contributed by atoms with E-state index in [0.29, 0.717) is 19.4 Å². The molecule has 51 heavy (non-hydrogen) atoms. The van der Waals surface area contributed by atoms with E-state index in [9.17, 15) is 14.4 Å². The summed E-state index contributed by atoms with van der Waals surface area (Å²) in [6, 6.07) is 25.6. The van der Waals surface area contributed by atoms with E-state index >= 15 is 0 Å². The molecular weight excluding hydrogens is 687 g/mol. The van der Waals surface area contributed by atoms with E-state index in [1.165, 1.54) is 18.6 Å². The number of hydrogen-bond donors (Lipinski definition) is 2. The van der Waals surface area contributed by atoms with Gasteiger partial charge in [0.05, 0.1) is 40.3 Å². The zero-order valence-electron chi connectivity index (χ0n) is 29.7. The lowest BCUT2D eigenvalue weighted by molar-refractivity contribution is -0.149. The van der Waals surface area contributed by atoms with Crippen LogP contribution in [0.1, 0.15) is 80.9 Å². The predicted molar refractivity (Wildman–Crippen MR) is 203 cm³/mol. The number of methoxy groups -OCH3 is 2. The van der Waals surface area contributed by atoms with Gasteiger partial charge in [-0.25, -0.2) is 0 Å². The number of hydrogen-bond acceptors (Lipinski definition) is 9. The minimum absolute atomic E-state index is 0.0820. The number of carboxylic acid groups (broad SMARTS) is 1. The fourth-order valence-electron chi connectivity index (χ4n) is 6.12. The lowest BCUT2D eigenvalue weighted by atomic mass is 9.79. The summed E-state index contributed by atoms with van der Waals surface area (Å²) in [6.45, 7) is 0.896. The lowest BCUT2D eigenvalue weighted by Gasteiger charge is -2.37. The molecule has 1 saturated heterocycles. The molecule has 3 aromatic carbocycles. The van der Waals surface area contributed by atoms with Crippen LogP contribution in [0.3, 0.4) is 0 Å². The first-order valence-electron chi connectivity index (χ1n) is 17.7. The summed E-state index contributed by atoms with van der Waals surface area (Å²) in [5.41, 5.74) is 1.66. The number of ether oxygens (including phenoxy) is 4. The van der Waals surface area contributed by atoms with Crippen molar-refractivity contribution >= 4 is 39.4 Å². The van der Waals surface area contributed by atoms with Crippen molar-refractivity contribution in [3.8, 4) is 11.5 Å². The van der Waals surface area contributed by atoms with Crippen molar-refractivity contribution in [3.05, 3.63) is 95.6 Å². The molecule has 0 saturated carbocycles. The third kappa shape index (κ3) is 12.8. The van der Waals surface area contributed by atoms with Crippen molar-refractivity contribution in [2.75, 3.05) is 39.7 Å². The van der Waals surface area contributed by atoms with Gasteiger partial charge in [-0.15, -0.1) is 0 Å². The van der Waals surface area contributed by atoms with Crippen LogP contribution in [-0.2, 0) is 29.5 Å². The number of aliphatic carboxylic acids is 1. The normalized spacial score (nSPS) is 14.8. The number of carbonyl (C=O) groups excluding carboxylic acids is 2. The molecule has 2 atom stereocenters. The van der Waals surface area contributed by atoms with E-state index in [1.807, 2.05) is 100 Å². The molecule has 1 aliphatic rings. The van der Waals surface area contributed by atoms with E-state index in [2.05, 4.69) is 5.32 Å². The van der Waals surface area contributed by atoms with Crippen LogP contribution in [-0.4, -0.2) is 67.9 Å². The summed E-state index contributed by atoms with van der Waals surface area (Å²) < 4.78 is 23.6. The Morgan fingerprint density at radius 1 is 0.804 bits per heavy atom. The average molecular weight is 738 g/mol. The Kier molecular flexibility index (Phi) is 17.0. The number of esters is 1. The van der Waals surface area contributed by atoms with Crippen LogP contribution in [0.25, 0.3) is 0 Å². The van der Waals surface area contributed by atoms with Crippen LogP contribution < -0.4 is 14.8 Å². The fraction of sp³-hybridized carbons (Fsp3) is 0.475. The number of carbonyl (C=O) groups is 3. The number of rotatable bonds is 23. The van der Waals surface area contributed by atoms with Gasteiger partial charge in [-0.2, -0.15) is 0 Å². The third-order valence-electron chi connectivity index (χ3n) is 9.00. The van der Waals surface area contributed by atoms with Crippen LogP contribution in [0.2, 0.25) is 0 Å². The Morgan fingerprint density at radius 3 is 2.04 bits per heavy atom. The van der Waals surface area contributed by atoms with Crippen LogP contribution in [0.4, 0.5) is 0 Å². The van der Waals surface area contributed by atoms with Gasteiger partial charge in [0.2, 0.25) is 5.91 Å². The monoisotopic (exact) mass is 737 g/mol. The molecule has 2 N–H and O–H groups in total. The Bertz CT molecular complexity index is 1430. The molecule has 0 spiro atoms. The molecule has 11 heteroatoms. The average Bonchev–Trinajstić information content (AvgIpc) is 3.69. The molecular formula is C40H51NO8S2. The maximum Gasteiger partial charge on any atom is 0.306 e. The SMILES string of the molecule is COc1ccc(C(OCC(CCCCNC(=O)CCCCC2CCSS2)COC(=O)CCC(=O)O)(c2ccccc2)c2ccc(OC)cc2)cc1. The van der Waals surface area contributed by atoms with Crippen molar-refractivity contribution in [2.45, 2.75) is 75.1 Å². The molecule has 0 aliphatic carbocycles. The van der Waals surface area contributed by atoms with Gasteiger partial charge in [-0.05, 0) is 73.1 Å². The van der Waals surface area contributed by atoms with Crippen molar-refractivity contribution in [2.24, 2.45) is 5.92 Å². The number of unbranched alkanes of at least 4 members (excludes halogenated alkanes) is 2. The first-order chi connectivity index (χ1) is 24.8. The molecule has 9 nitrogen and oxygen atoms in total. The second-order valence-electron chi connectivity index (χ2n) is 12.7. The van der Waals surface area contributed by atoms with E-state index in [1.54, 1.807) is 14.2 Å². The molecule has 2 unspecified atom stereocenters. The fourth-order valence-corrected chi connectivity index (χ4v) is 9.15. The van der Waals surface area contributed by atoms with Gasteiger partial charge in [-0.1, -0.05) is 89.0 Å². The molecule has 1 amide bonds. The highest BCUT2D eigenvalue weighted by Crippen LogP contribution is 2.42. The highest BCUT2D eigenvalue weighted by molar-refractivity contribution is 8.77. The van der Waals surface area contributed by atoms with Gasteiger partial charge in [0.25, 0.3) is 0 Å². The Labute approximate surface area is 309 Å². The summed E-state index contributed by atoms with van der Waals surface area (Å²) in [5.74, 6) is 0.956. The molecule has 0 bridgehead atoms. The van der Waals surface area contributed by atoms with Crippen molar-refractivity contribution < 1.29 is 38.4 Å². The summed E-state index contributed by atoms with van der Waals surface area (Å²) in [4.78, 5) is 36.0. The standard InChI is InChI=1S/C40H51NO8S2/c1-46-34-19-15-32(16-20-34)40(31-11-4-3-5-12-31,33-17-21-35(47-2)22-18-33)49-29-30(28-48-39(45)24-23-38(43)44)10-8-9-26-41-37(42)14-7-6-13-36-25-27-50-51-36/h3-5,11-12,15-22,30,36H,6-10,13-14,23-29H2,1-2H3,(H,41,42)(H,43,44). The number of benzene rings is 3. The molecule has 0 radical (unpaired) electrons. The van der Waals surface area contributed by atoms with Gasteiger partial charge in [-0.3, -0.25) is 14.4 Å². The van der Waals surface area contributed by atoms with Gasteiger partial charge >= 0.3 is 11.9 Å². The minimum Gasteiger partial charge on any atom is -0.497 e. The Morgan fingerprint density at radius 2 is 1.45 bits per heavy atom. The number of carboxylic acids is 1. The molecule has 4 rings (SSSR count). The van der Waals surface area contributed by atoms with E-state index < -0.39 is 17.5 Å². The summed E-state index contributed by atoms with van der Waals surface area (Å²) in [7, 11) is 7.19. The second-order valence-corrected chi connectivity index (χ2v) is 15.5. The number of nitrogens with one attached hydrogen (secondary N) is 1. The topological polar surface area (TPSA) is 120 Å². The smallest absolute Gasteiger partial charge is 0.306 e. The first-order valence-corrected chi connectivity index (χ1v) is 20.1. The summed E-state index contributed by atoms with van der Waals surface area (Å²) in [5, 5.41) is 12.8. The maximum absolute atomic E-state index is 12.5. The molecule has 1 fully saturated rings. The summed E-state index contributed by atoms with van der Waals surface area (Å²) >= 11 is 0. The maximum atomic E-state index is 12.5. The largest absolute Gasteiger partial charge is 0.497 e. The third-order valence-corrected chi connectivity index (χ3v) is 12.0. The van der Waals surface area contributed by atoms with Gasteiger partial charge in [0.1, 0.15) is 17.1 Å². The van der Waals surface area contributed by atoms with Crippen LogP contribution in [0.15, 0.2) is 78.9 Å². The zero-order valence-corrected chi connectivity index (χ0v) is 31.3. The predicted octanol–water partition coefficient (Wildman–Crippen LogP) is 8.04. The van der Waals surface area contributed by atoms with Crippen molar-refractivity contribution in [1.29, 1.82) is 0 Å². The van der Waals surface area contributed by atoms with Crippen LogP contribution in [0.5, 0.6) is 11.5 Å². The Balaban J connectivity index is 1.46. The van der Waals surface area contributed by atoms with Crippen molar-refractivity contribution in [3.63, 3.8) is 0 Å². The molecule has 1 aliphatic heterocycles. The zero-order chi connectivity index (χ0) is 36.3. The van der Waals surface area contributed by atoms with Gasteiger partial charge < -0.3 is 29.4 Å². The first kappa shape index (κ1) is 40.1.